The van der Waals surface area contributed by atoms with Crippen LogP contribution in [0, 0.1) is 5.92 Å². The predicted molar refractivity (Wildman–Crippen MR) is 88.6 cm³/mol. The zero-order valence-corrected chi connectivity index (χ0v) is 14.0. The molecule has 0 saturated carbocycles. The lowest BCUT2D eigenvalue weighted by Crippen LogP contribution is -2.28. The molecule has 0 fully saturated rings. The van der Waals surface area contributed by atoms with E-state index in [1.165, 1.54) is 5.56 Å². The second kappa shape index (κ2) is 10.7. The topological polar surface area (TPSA) is 50.4 Å². The maximum absolute atomic E-state index is 11.6. The van der Waals surface area contributed by atoms with Crippen LogP contribution in [0.5, 0.6) is 0 Å². The molecule has 2 N–H and O–H groups in total. The molecule has 0 saturated heterocycles. The second-order valence-electron chi connectivity index (χ2n) is 5.30. The first-order valence-corrected chi connectivity index (χ1v) is 8.28. The van der Waals surface area contributed by atoms with E-state index in [1.54, 1.807) is 18.9 Å². The Hall–Kier alpha value is -1.04. The number of carbonyl (C=O) groups is 1. The molecular weight excluding hydrogens is 284 g/mol. The van der Waals surface area contributed by atoms with E-state index < -0.39 is 0 Å². The van der Waals surface area contributed by atoms with Crippen LogP contribution in [0.25, 0.3) is 0 Å². The lowest BCUT2D eigenvalue weighted by atomic mass is 10.2. The zero-order valence-electron chi connectivity index (χ0n) is 13.1. The molecular formula is C16H26N2O2S. The Morgan fingerprint density at radius 2 is 2.00 bits per heavy atom. The Labute approximate surface area is 132 Å². The minimum atomic E-state index is 0.0414. The summed E-state index contributed by atoms with van der Waals surface area (Å²) in [5.41, 5.74) is 1.27. The van der Waals surface area contributed by atoms with Crippen molar-refractivity contribution in [3.63, 3.8) is 0 Å². The Morgan fingerprint density at radius 3 is 2.62 bits per heavy atom. The van der Waals surface area contributed by atoms with Crippen molar-refractivity contribution < 1.29 is 9.53 Å². The van der Waals surface area contributed by atoms with Gasteiger partial charge in [0.1, 0.15) is 0 Å². The number of carbonyl (C=O) groups excluding carboxylic acids is 1. The molecule has 0 spiro atoms. The van der Waals surface area contributed by atoms with Crippen molar-refractivity contribution in [1.82, 2.24) is 10.6 Å². The SMILES string of the molecule is COCCNC(=O)CSc1ccc(CNCC(C)C)cc1. The predicted octanol–water partition coefficient (Wildman–Crippen LogP) is 2.29. The van der Waals surface area contributed by atoms with Crippen LogP contribution in [-0.4, -0.2) is 38.5 Å². The highest BCUT2D eigenvalue weighted by Crippen LogP contribution is 2.18. The summed E-state index contributed by atoms with van der Waals surface area (Å²) in [6.45, 7) is 7.43. The third-order valence-electron chi connectivity index (χ3n) is 2.80. The molecule has 1 amide bonds. The van der Waals surface area contributed by atoms with Gasteiger partial charge in [-0.2, -0.15) is 0 Å². The van der Waals surface area contributed by atoms with Crippen LogP contribution in [0.1, 0.15) is 19.4 Å². The standard InChI is InChI=1S/C16H26N2O2S/c1-13(2)10-17-11-14-4-6-15(7-5-14)21-12-16(19)18-8-9-20-3/h4-7,13,17H,8-12H2,1-3H3,(H,18,19). The quantitative estimate of drug-likeness (QED) is 0.514. The molecule has 21 heavy (non-hydrogen) atoms. The minimum Gasteiger partial charge on any atom is -0.383 e. The van der Waals surface area contributed by atoms with Gasteiger partial charge in [-0.1, -0.05) is 26.0 Å². The number of hydrogen-bond donors (Lipinski definition) is 2. The summed E-state index contributed by atoms with van der Waals surface area (Å²) in [6.07, 6.45) is 0. The summed E-state index contributed by atoms with van der Waals surface area (Å²) in [7, 11) is 1.62. The Morgan fingerprint density at radius 1 is 1.29 bits per heavy atom. The fraction of sp³-hybridized carbons (Fsp3) is 0.562. The Balaban J connectivity index is 2.25. The van der Waals surface area contributed by atoms with Crippen LogP contribution in [0.3, 0.4) is 0 Å². The van der Waals surface area contributed by atoms with E-state index in [0.717, 1.165) is 18.0 Å². The molecule has 0 atom stereocenters. The van der Waals surface area contributed by atoms with E-state index >= 15 is 0 Å². The normalized spacial score (nSPS) is 10.9. The molecule has 0 radical (unpaired) electrons. The Kier molecular flexibility index (Phi) is 9.14. The van der Waals surface area contributed by atoms with Gasteiger partial charge in [0.15, 0.2) is 0 Å². The zero-order chi connectivity index (χ0) is 15.5. The number of hydrogen-bond acceptors (Lipinski definition) is 4. The average molecular weight is 310 g/mol. The third kappa shape index (κ3) is 8.75. The number of nitrogens with one attached hydrogen (secondary N) is 2. The molecule has 0 bridgehead atoms. The molecule has 1 rings (SSSR count). The van der Waals surface area contributed by atoms with E-state index in [0.29, 0.717) is 24.8 Å². The van der Waals surface area contributed by atoms with Gasteiger partial charge in [0, 0.05) is 25.1 Å². The number of amides is 1. The molecule has 0 aliphatic carbocycles. The van der Waals surface area contributed by atoms with Gasteiger partial charge in [-0.05, 0) is 30.2 Å². The molecule has 118 valence electrons. The highest BCUT2D eigenvalue weighted by atomic mass is 32.2. The third-order valence-corrected chi connectivity index (χ3v) is 3.82. The summed E-state index contributed by atoms with van der Waals surface area (Å²) in [5.74, 6) is 1.14. The summed E-state index contributed by atoms with van der Waals surface area (Å²) in [6, 6.07) is 8.36. The van der Waals surface area contributed by atoms with Gasteiger partial charge in [-0.15, -0.1) is 11.8 Å². The molecule has 0 heterocycles. The summed E-state index contributed by atoms with van der Waals surface area (Å²) >= 11 is 1.55. The van der Waals surface area contributed by atoms with E-state index in [2.05, 4.69) is 48.7 Å². The average Bonchev–Trinajstić information content (AvgIpc) is 2.46. The lowest BCUT2D eigenvalue weighted by Gasteiger charge is -2.08. The second-order valence-corrected chi connectivity index (χ2v) is 6.35. The first kappa shape index (κ1) is 18.0. The smallest absolute Gasteiger partial charge is 0.230 e. The van der Waals surface area contributed by atoms with Crippen molar-refractivity contribution in [2.45, 2.75) is 25.3 Å². The maximum Gasteiger partial charge on any atom is 0.230 e. The van der Waals surface area contributed by atoms with E-state index in [1.807, 2.05) is 0 Å². The number of methoxy groups -OCH3 is 1. The molecule has 1 aromatic rings. The van der Waals surface area contributed by atoms with Gasteiger partial charge in [0.25, 0.3) is 0 Å². The molecule has 5 heteroatoms. The number of benzene rings is 1. The van der Waals surface area contributed by atoms with E-state index in [9.17, 15) is 4.79 Å². The van der Waals surface area contributed by atoms with Crippen LogP contribution in [0.4, 0.5) is 0 Å². The highest BCUT2D eigenvalue weighted by Gasteiger charge is 2.02. The molecule has 0 aromatic heterocycles. The first-order chi connectivity index (χ1) is 10.1. The van der Waals surface area contributed by atoms with Crippen molar-refractivity contribution in [3.05, 3.63) is 29.8 Å². The summed E-state index contributed by atoms with van der Waals surface area (Å²) in [5, 5.41) is 6.23. The van der Waals surface area contributed by atoms with Gasteiger partial charge in [0.2, 0.25) is 5.91 Å². The Bertz CT molecular complexity index is 407. The van der Waals surface area contributed by atoms with Gasteiger partial charge in [-0.25, -0.2) is 0 Å². The van der Waals surface area contributed by atoms with Crippen LogP contribution < -0.4 is 10.6 Å². The molecule has 1 aromatic carbocycles. The van der Waals surface area contributed by atoms with Crippen molar-refractivity contribution in [3.8, 4) is 0 Å². The largest absolute Gasteiger partial charge is 0.383 e. The monoisotopic (exact) mass is 310 g/mol. The molecule has 0 aliphatic heterocycles. The van der Waals surface area contributed by atoms with Crippen LogP contribution in [-0.2, 0) is 16.1 Å². The summed E-state index contributed by atoms with van der Waals surface area (Å²) in [4.78, 5) is 12.7. The molecule has 4 nitrogen and oxygen atoms in total. The highest BCUT2D eigenvalue weighted by molar-refractivity contribution is 8.00. The maximum atomic E-state index is 11.6. The van der Waals surface area contributed by atoms with Gasteiger partial charge in [-0.3, -0.25) is 4.79 Å². The van der Waals surface area contributed by atoms with Gasteiger partial charge >= 0.3 is 0 Å². The van der Waals surface area contributed by atoms with E-state index in [4.69, 9.17) is 4.74 Å². The lowest BCUT2D eigenvalue weighted by molar-refractivity contribution is -0.118. The van der Waals surface area contributed by atoms with Crippen LogP contribution in [0.2, 0.25) is 0 Å². The fourth-order valence-corrected chi connectivity index (χ4v) is 2.43. The van der Waals surface area contributed by atoms with Gasteiger partial charge < -0.3 is 15.4 Å². The van der Waals surface area contributed by atoms with Crippen molar-refractivity contribution in [2.24, 2.45) is 5.92 Å². The van der Waals surface area contributed by atoms with Gasteiger partial charge in [0.05, 0.1) is 12.4 Å². The van der Waals surface area contributed by atoms with Crippen molar-refractivity contribution >= 4 is 17.7 Å². The van der Waals surface area contributed by atoms with E-state index in [-0.39, 0.29) is 5.91 Å². The number of ether oxygens (including phenoxy) is 1. The minimum absolute atomic E-state index is 0.0414. The number of rotatable bonds is 10. The van der Waals surface area contributed by atoms with Crippen molar-refractivity contribution in [1.29, 1.82) is 0 Å². The van der Waals surface area contributed by atoms with Crippen molar-refractivity contribution in [2.75, 3.05) is 32.6 Å². The first-order valence-electron chi connectivity index (χ1n) is 7.30. The van der Waals surface area contributed by atoms with Crippen LogP contribution in [0.15, 0.2) is 29.2 Å². The molecule has 0 unspecified atom stereocenters. The molecule has 0 aliphatic rings. The summed E-state index contributed by atoms with van der Waals surface area (Å²) < 4.78 is 4.89. The number of thioether (sulfide) groups is 1. The fourth-order valence-electron chi connectivity index (χ4n) is 1.70. The van der Waals surface area contributed by atoms with Crippen LogP contribution >= 0.6 is 11.8 Å².